The van der Waals surface area contributed by atoms with Gasteiger partial charge in [-0.1, -0.05) is 0 Å². The average molecular weight is 353 g/mol. The number of carbonyl (C=O) groups excluding carboxylic acids is 3. The lowest BCUT2D eigenvalue weighted by molar-refractivity contribution is -0.385. The van der Waals surface area contributed by atoms with Crippen molar-refractivity contribution in [2.75, 3.05) is 20.3 Å². The SMILES string of the molecule is CCOC(=O)C(CC(=O)c1ccc(OC)c([N+](=O)[O-])c1)C(=O)OCC. The Kier molecular flexibility index (Phi) is 7.51. The number of esters is 2. The van der Waals surface area contributed by atoms with Crippen LogP contribution in [0.2, 0.25) is 0 Å². The largest absolute Gasteiger partial charge is 0.490 e. The molecule has 0 aliphatic heterocycles. The summed E-state index contributed by atoms with van der Waals surface area (Å²) in [7, 11) is 1.27. The second kappa shape index (κ2) is 9.36. The van der Waals surface area contributed by atoms with E-state index in [4.69, 9.17) is 14.2 Å². The lowest BCUT2D eigenvalue weighted by Crippen LogP contribution is -2.30. The number of ether oxygens (including phenoxy) is 3. The second-order valence-corrected chi connectivity index (χ2v) is 4.83. The van der Waals surface area contributed by atoms with E-state index in [9.17, 15) is 24.5 Å². The van der Waals surface area contributed by atoms with Gasteiger partial charge in [0.2, 0.25) is 0 Å². The number of rotatable bonds is 9. The number of ketones is 1. The molecule has 0 amide bonds. The van der Waals surface area contributed by atoms with Crippen molar-refractivity contribution in [1.29, 1.82) is 0 Å². The standard InChI is InChI=1S/C16H19NO8/c1-4-24-15(19)11(16(20)25-5-2)9-13(18)10-6-7-14(23-3)12(8-10)17(21)22/h6-8,11H,4-5,9H2,1-3H3. The van der Waals surface area contributed by atoms with Gasteiger partial charge in [-0.25, -0.2) is 0 Å². The minimum absolute atomic E-state index is 0.00566. The molecule has 0 fully saturated rings. The molecule has 1 aromatic rings. The van der Waals surface area contributed by atoms with Crippen LogP contribution in [-0.2, 0) is 19.1 Å². The average Bonchev–Trinajstić information content (AvgIpc) is 2.58. The van der Waals surface area contributed by atoms with Crippen LogP contribution >= 0.6 is 0 Å². The minimum atomic E-state index is -1.42. The normalized spacial score (nSPS) is 10.2. The Balaban J connectivity index is 3.07. The fourth-order valence-corrected chi connectivity index (χ4v) is 2.06. The van der Waals surface area contributed by atoms with Crippen molar-refractivity contribution in [3.8, 4) is 5.75 Å². The van der Waals surface area contributed by atoms with E-state index in [1.807, 2.05) is 0 Å². The number of hydrogen-bond donors (Lipinski definition) is 0. The molecule has 9 nitrogen and oxygen atoms in total. The number of nitrogens with zero attached hydrogens (tertiary/aromatic N) is 1. The zero-order chi connectivity index (χ0) is 19.0. The molecule has 0 atom stereocenters. The van der Waals surface area contributed by atoms with Gasteiger partial charge in [-0.2, -0.15) is 0 Å². The predicted molar refractivity (Wildman–Crippen MR) is 85.4 cm³/mol. The van der Waals surface area contributed by atoms with Gasteiger partial charge in [0, 0.05) is 18.1 Å². The molecular formula is C16H19NO8. The van der Waals surface area contributed by atoms with E-state index in [1.165, 1.54) is 19.2 Å². The summed E-state index contributed by atoms with van der Waals surface area (Å²) in [4.78, 5) is 46.5. The van der Waals surface area contributed by atoms with Gasteiger partial charge >= 0.3 is 17.6 Å². The first kappa shape index (κ1) is 20.1. The molecule has 0 unspecified atom stereocenters. The van der Waals surface area contributed by atoms with Crippen molar-refractivity contribution in [2.24, 2.45) is 5.92 Å². The number of carbonyl (C=O) groups is 3. The van der Waals surface area contributed by atoms with Crippen LogP contribution in [-0.4, -0.2) is 43.0 Å². The number of nitro groups is 1. The molecule has 0 aliphatic rings. The lowest BCUT2D eigenvalue weighted by atomic mass is 9.97. The third-order valence-corrected chi connectivity index (χ3v) is 3.23. The van der Waals surface area contributed by atoms with Crippen LogP contribution in [0.5, 0.6) is 5.75 Å². The summed E-state index contributed by atoms with van der Waals surface area (Å²) in [5, 5.41) is 11.0. The van der Waals surface area contributed by atoms with Gasteiger partial charge in [-0.3, -0.25) is 24.5 Å². The maximum Gasteiger partial charge on any atom is 0.320 e. The molecule has 0 bridgehead atoms. The van der Waals surface area contributed by atoms with Crippen molar-refractivity contribution in [3.05, 3.63) is 33.9 Å². The van der Waals surface area contributed by atoms with Crippen molar-refractivity contribution in [1.82, 2.24) is 0 Å². The number of hydrogen-bond acceptors (Lipinski definition) is 8. The number of benzene rings is 1. The highest BCUT2D eigenvalue weighted by Crippen LogP contribution is 2.28. The highest BCUT2D eigenvalue weighted by molar-refractivity contribution is 6.04. The van der Waals surface area contributed by atoms with Crippen LogP contribution in [0.1, 0.15) is 30.6 Å². The first-order valence-corrected chi connectivity index (χ1v) is 7.54. The fraction of sp³-hybridized carbons (Fsp3) is 0.438. The molecule has 136 valence electrons. The molecule has 0 saturated heterocycles. The van der Waals surface area contributed by atoms with Crippen LogP contribution in [0, 0.1) is 16.0 Å². The summed E-state index contributed by atoms with van der Waals surface area (Å²) in [6.45, 7) is 3.21. The third kappa shape index (κ3) is 5.27. The van der Waals surface area contributed by atoms with Gasteiger partial charge in [0.05, 0.1) is 25.2 Å². The van der Waals surface area contributed by atoms with Crippen molar-refractivity contribution >= 4 is 23.4 Å². The van der Waals surface area contributed by atoms with Crippen LogP contribution in [0.3, 0.4) is 0 Å². The van der Waals surface area contributed by atoms with Crippen molar-refractivity contribution in [2.45, 2.75) is 20.3 Å². The molecule has 9 heteroatoms. The van der Waals surface area contributed by atoms with E-state index >= 15 is 0 Å². The summed E-state index contributed by atoms with van der Waals surface area (Å²) in [5.41, 5.74) is -0.414. The molecule has 0 heterocycles. The van der Waals surface area contributed by atoms with Gasteiger partial charge < -0.3 is 14.2 Å². The summed E-state index contributed by atoms with van der Waals surface area (Å²) in [5.74, 6) is -3.81. The summed E-state index contributed by atoms with van der Waals surface area (Å²) in [6, 6.07) is 3.63. The molecular weight excluding hydrogens is 334 g/mol. The van der Waals surface area contributed by atoms with Crippen molar-refractivity contribution in [3.63, 3.8) is 0 Å². The number of nitro benzene ring substituents is 1. The van der Waals surface area contributed by atoms with E-state index in [1.54, 1.807) is 13.8 Å². The molecule has 0 radical (unpaired) electrons. The van der Waals surface area contributed by atoms with Gasteiger partial charge in [0.25, 0.3) is 0 Å². The molecule has 1 aromatic carbocycles. The number of Topliss-reactive ketones (excluding diaryl/α,β-unsaturated/α-hetero) is 1. The van der Waals surface area contributed by atoms with E-state index in [2.05, 4.69) is 0 Å². The smallest absolute Gasteiger partial charge is 0.320 e. The fourth-order valence-electron chi connectivity index (χ4n) is 2.06. The topological polar surface area (TPSA) is 122 Å². The van der Waals surface area contributed by atoms with E-state index in [0.717, 1.165) is 6.07 Å². The molecule has 0 aliphatic carbocycles. The van der Waals surface area contributed by atoms with E-state index in [0.29, 0.717) is 0 Å². The Bertz CT molecular complexity index is 652. The van der Waals surface area contributed by atoms with Gasteiger partial charge in [0.15, 0.2) is 17.5 Å². The summed E-state index contributed by atoms with van der Waals surface area (Å²) < 4.78 is 14.4. The summed E-state index contributed by atoms with van der Waals surface area (Å²) >= 11 is 0. The van der Waals surface area contributed by atoms with Crippen LogP contribution in [0.25, 0.3) is 0 Å². The quantitative estimate of drug-likeness (QED) is 0.217. The monoisotopic (exact) mass is 353 g/mol. The molecule has 0 N–H and O–H groups in total. The summed E-state index contributed by atoms with van der Waals surface area (Å²) in [6.07, 6.45) is -0.513. The van der Waals surface area contributed by atoms with Crippen molar-refractivity contribution < 1.29 is 33.5 Å². The Morgan fingerprint density at radius 1 is 1.12 bits per heavy atom. The highest BCUT2D eigenvalue weighted by Gasteiger charge is 2.32. The predicted octanol–water partition coefficient (Wildman–Crippen LogP) is 1.92. The van der Waals surface area contributed by atoms with Crippen LogP contribution in [0.4, 0.5) is 5.69 Å². The second-order valence-electron chi connectivity index (χ2n) is 4.83. The van der Waals surface area contributed by atoms with Gasteiger partial charge in [-0.05, 0) is 26.0 Å². The Morgan fingerprint density at radius 2 is 1.68 bits per heavy atom. The zero-order valence-electron chi connectivity index (χ0n) is 14.1. The van der Waals surface area contributed by atoms with Crippen LogP contribution < -0.4 is 4.74 Å². The lowest BCUT2D eigenvalue weighted by Gasteiger charge is -2.13. The number of methoxy groups -OCH3 is 1. The van der Waals surface area contributed by atoms with E-state index < -0.39 is 40.7 Å². The molecule has 1 rings (SSSR count). The molecule has 25 heavy (non-hydrogen) atoms. The minimum Gasteiger partial charge on any atom is -0.490 e. The highest BCUT2D eigenvalue weighted by atomic mass is 16.6. The Hall–Kier alpha value is -2.97. The van der Waals surface area contributed by atoms with Gasteiger partial charge in [-0.15, -0.1) is 0 Å². The van der Waals surface area contributed by atoms with Crippen LogP contribution in [0.15, 0.2) is 18.2 Å². The molecule has 0 saturated carbocycles. The maximum atomic E-state index is 12.4. The molecule has 0 aromatic heterocycles. The first-order chi connectivity index (χ1) is 11.8. The maximum absolute atomic E-state index is 12.4. The molecule has 0 spiro atoms. The van der Waals surface area contributed by atoms with Gasteiger partial charge in [0.1, 0.15) is 0 Å². The Labute approximate surface area is 144 Å². The third-order valence-electron chi connectivity index (χ3n) is 3.23. The zero-order valence-corrected chi connectivity index (χ0v) is 14.1. The van der Waals surface area contributed by atoms with E-state index in [-0.39, 0.29) is 24.5 Å². The first-order valence-electron chi connectivity index (χ1n) is 7.54. The Morgan fingerprint density at radius 3 is 2.12 bits per heavy atom.